The zero-order chi connectivity index (χ0) is 13.8. The molecule has 1 aromatic rings. The minimum absolute atomic E-state index is 0.0648. The molecule has 1 N–H and O–H groups in total. The number of esters is 1. The van der Waals surface area contributed by atoms with Crippen LogP contribution in [-0.4, -0.2) is 27.4 Å². The number of carbonyl (C=O) groups is 2. The van der Waals surface area contributed by atoms with Crippen molar-refractivity contribution < 1.29 is 22.7 Å². The SMILES string of the molecule is C=CC(=O)OC.O=C1NS(=O)(=O)c2ccccc21. The van der Waals surface area contributed by atoms with Crippen molar-refractivity contribution in [3.63, 3.8) is 0 Å². The molecule has 1 aliphatic rings. The van der Waals surface area contributed by atoms with Gasteiger partial charge in [0.15, 0.2) is 0 Å². The minimum Gasteiger partial charge on any atom is -0.466 e. The highest BCUT2D eigenvalue weighted by atomic mass is 32.2. The quantitative estimate of drug-likeness (QED) is 0.591. The fourth-order valence-corrected chi connectivity index (χ4v) is 2.38. The molecule has 0 atom stereocenters. The van der Waals surface area contributed by atoms with Crippen molar-refractivity contribution in [1.29, 1.82) is 0 Å². The van der Waals surface area contributed by atoms with E-state index in [1.165, 1.54) is 19.2 Å². The van der Waals surface area contributed by atoms with Crippen LogP contribution in [0.3, 0.4) is 0 Å². The van der Waals surface area contributed by atoms with E-state index in [-0.39, 0.29) is 10.5 Å². The summed E-state index contributed by atoms with van der Waals surface area (Å²) in [6.07, 6.45) is 1.11. The van der Waals surface area contributed by atoms with Crippen molar-refractivity contribution in [2.75, 3.05) is 7.11 Å². The third kappa shape index (κ3) is 2.95. The maximum absolute atomic E-state index is 11.1. The van der Waals surface area contributed by atoms with Gasteiger partial charge in [0.05, 0.1) is 12.7 Å². The van der Waals surface area contributed by atoms with Crippen molar-refractivity contribution in [2.45, 2.75) is 4.90 Å². The Hall–Kier alpha value is -2.15. The lowest BCUT2D eigenvalue weighted by atomic mass is 10.2. The van der Waals surface area contributed by atoms with Gasteiger partial charge < -0.3 is 4.74 Å². The van der Waals surface area contributed by atoms with Gasteiger partial charge in [0.25, 0.3) is 15.9 Å². The molecule has 2 rings (SSSR count). The van der Waals surface area contributed by atoms with Gasteiger partial charge in [0, 0.05) is 6.08 Å². The Kier molecular flexibility index (Phi) is 4.22. The van der Waals surface area contributed by atoms with Gasteiger partial charge in [0.1, 0.15) is 4.90 Å². The molecule has 18 heavy (non-hydrogen) atoms. The minimum atomic E-state index is -3.55. The van der Waals surface area contributed by atoms with Gasteiger partial charge in [-0.1, -0.05) is 18.7 Å². The molecule has 7 heteroatoms. The molecule has 0 aliphatic carbocycles. The van der Waals surface area contributed by atoms with Gasteiger partial charge in [-0.25, -0.2) is 17.9 Å². The van der Waals surface area contributed by atoms with E-state index >= 15 is 0 Å². The fourth-order valence-electron chi connectivity index (χ4n) is 1.20. The number of benzene rings is 1. The number of carbonyl (C=O) groups excluding carboxylic acids is 2. The molecule has 1 aliphatic heterocycles. The van der Waals surface area contributed by atoms with Gasteiger partial charge in [-0.05, 0) is 12.1 Å². The van der Waals surface area contributed by atoms with Crippen LogP contribution < -0.4 is 4.72 Å². The predicted molar refractivity (Wildman–Crippen MR) is 63.3 cm³/mol. The van der Waals surface area contributed by atoms with E-state index in [1.807, 2.05) is 4.72 Å². The Labute approximate surface area is 104 Å². The zero-order valence-electron chi connectivity index (χ0n) is 9.54. The van der Waals surface area contributed by atoms with E-state index in [1.54, 1.807) is 12.1 Å². The molecule has 1 aromatic carbocycles. The number of methoxy groups -OCH3 is 1. The number of nitrogens with one attached hydrogen (secondary N) is 1. The van der Waals surface area contributed by atoms with E-state index < -0.39 is 21.9 Å². The van der Waals surface area contributed by atoms with Crippen LogP contribution in [0.25, 0.3) is 0 Å². The van der Waals surface area contributed by atoms with Gasteiger partial charge in [-0.15, -0.1) is 0 Å². The Morgan fingerprint density at radius 1 is 1.39 bits per heavy atom. The molecule has 0 saturated heterocycles. The summed E-state index contributed by atoms with van der Waals surface area (Å²) < 4.78 is 28.3. The molecular weight excluding hydrogens is 258 g/mol. The highest BCUT2D eigenvalue weighted by molar-refractivity contribution is 7.90. The first-order valence-corrected chi connectivity index (χ1v) is 6.27. The van der Waals surface area contributed by atoms with Gasteiger partial charge in [0.2, 0.25) is 0 Å². The van der Waals surface area contributed by atoms with Crippen LogP contribution in [0.5, 0.6) is 0 Å². The maximum Gasteiger partial charge on any atom is 0.329 e. The number of rotatable bonds is 1. The maximum atomic E-state index is 11.1. The second-order valence-electron chi connectivity index (χ2n) is 3.16. The van der Waals surface area contributed by atoms with Crippen LogP contribution >= 0.6 is 0 Å². The molecule has 96 valence electrons. The second-order valence-corrected chi connectivity index (χ2v) is 4.81. The van der Waals surface area contributed by atoms with Gasteiger partial charge >= 0.3 is 5.97 Å². The smallest absolute Gasteiger partial charge is 0.329 e. The average molecular weight is 269 g/mol. The van der Waals surface area contributed by atoms with E-state index in [2.05, 4.69) is 11.3 Å². The van der Waals surface area contributed by atoms with Crippen LogP contribution in [0.2, 0.25) is 0 Å². The molecule has 1 amide bonds. The van der Waals surface area contributed by atoms with Crippen LogP contribution in [0, 0.1) is 0 Å². The molecular formula is C11H11NO5S. The summed E-state index contributed by atoms with van der Waals surface area (Å²) in [5.41, 5.74) is 0.220. The first-order chi connectivity index (χ1) is 8.42. The van der Waals surface area contributed by atoms with Crippen LogP contribution in [0.4, 0.5) is 0 Å². The molecule has 1 heterocycles. The van der Waals surface area contributed by atoms with Crippen LogP contribution in [0.15, 0.2) is 41.8 Å². The first kappa shape index (κ1) is 13.9. The highest BCUT2D eigenvalue weighted by Crippen LogP contribution is 2.20. The Morgan fingerprint density at radius 2 is 2.00 bits per heavy atom. The largest absolute Gasteiger partial charge is 0.466 e. The topological polar surface area (TPSA) is 89.5 Å². The van der Waals surface area contributed by atoms with Gasteiger partial charge in [-0.2, -0.15) is 0 Å². The molecule has 0 spiro atoms. The lowest BCUT2D eigenvalue weighted by molar-refractivity contribution is -0.134. The van der Waals surface area contributed by atoms with Crippen molar-refractivity contribution >= 4 is 21.9 Å². The number of ether oxygens (including phenoxy) is 1. The second kappa shape index (κ2) is 5.46. The summed E-state index contributed by atoms with van der Waals surface area (Å²) in [4.78, 5) is 20.9. The molecule has 0 aromatic heterocycles. The molecule has 0 bridgehead atoms. The lowest BCUT2D eigenvalue weighted by Gasteiger charge is -1.91. The van der Waals surface area contributed by atoms with Gasteiger partial charge in [-0.3, -0.25) is 4.79 Å². The summed E-state index contributed by atoms with van der Waals surface area (Å²) in [7, 11) is -2.24. The predicted octanol–water partition coefficient (Wildman–Crippen LogP) is 0.464. The molecule has 0 fully saturated rings. The molecule has 0 radical (unpaired) electrons. The summed E-state index contributed by atoms with van der Waals surface area (Å²) in [6.45, 7) is 3.16. The number of fused-ring (bicyclic) bond motifs is 1. The van der Waals surface area contributed by atoms with Crippen LogP contribution in [-0.2, 0) is 19.6 Å². The normalized spacial score (nSPS) is 14.6. The summed E-state index contributed by atoms with van der Waals surface area (Å²) in [5.74, 6) is -0.944. The number of hydrogen-bond acceptors (Lipinski definition) is 5. The van der Waals surface area contributed by atoms with Crippen molar-refractivity contribution in [3.05, 3.63) is 42.5 Å². The summed E-state index contributed by atoms with van der Waals surface area (Å²) >= 11 is 0. The summed E-state index contributed by atoms with van der Waals surface area (Å²) in [6, 6.07) is 6.09. The number of hydrogen-bond donors (Lipinski definition) is 1. The highest BCUT2D eigenvalue weighted by Gasteiger charge is 2.31. The van der Waals surface area contributed by atoms with Crippen molar-refractivity contribution in [2.24, 2.45) is 0 Å². The third-order valence-corrected chi connectivity index (χ3v) is 3.41. The van der Waals surface area contributed by atoms with E-state index in [9.17, 15) is 18.0 Å². The monoisotopic (exact) mass is 269 g/mol. The summed E-state index contributed by atoms with van der Waals surface area (Å²) in [5, 5.41) is 0. The van der Waals surface area contributed by atoms with Crippen molar-refractivity contribution in [3.8, 4) is 0 Å². The molecule has 0 saturated carbocycles. The van der Waals surface area contributed by atoms with E-state index in [4.69, 9.17) is 0 Å². The third-order valence-electron chi connectivity index (χ3n) is 2.02. The average Bonchev–Trinajstić information content (AvgIpc) is 2.60. The number of sulfonamides is 1. The Balaban J connectivity index is 0.000000232. The standard InChI is InChI=1S/C7H5NO3S.C4H6O2/c9-7-5-3-1-2-4-6(5)12(10,11)8-7;1-3-4(5)6-2/h1-4H,(H,8,9);3H,1H2,2H3. The molecule has 0 unspecified atom stereocenters. The van der Waals surface area contributed by atoms with E-state index in [0.717, 1.165) is 6.08 Å². The first-order valence-electron chi connectivity index (χ1n) is 4.79. The zero-order valence-corrected chi connectivity index (χ0v) is 10.4. The van der Waals surface area contributed by atoms with Crippen molar-refractivity contribution in [1.82, 2.24) is 4.72 Å². The lowest BCUT2D eigenvalue weighted by Crippen LogP contribution is -2.20. The van der Waals surface area contributed by atoms with E-state index in [0.29, 0.717) is 0 Å². The number of amides is 1. The Morgan fingerprint density at radius 3 is 2.44 bits per heavy atom. The molecule has 6 nitrogen and oxygen atoms in total. The fraction of sp³-hybridized carbons (Fsp3) is 0.0909. The van der Waals surface area contributed by atoms with Crippen LogP contribution in [0.1, 0.15) is 10.4 Å². The Bertz CT molecular complexity index is 591.